The van der Waals surface area contributed by atoms with Crippen molar-refractivity contribution in [1.29, 1.82) is 0 Å². The zero-order chi connectivity index (χ0) is 20.9. The molecular weight excluding hydrogens is 422 g/mol. The van der Waals surface area contributed by atoms with Crippen molar-refractivity contribution < 1.29 is 19.0 Å². The monoisotopic (exact) mass is 441 g/mol. The highest BCUT2D eigenvalue weighted by atomic mass is 35.5. The predicted molar refractivity (Wildman–Crippen MR) is 118 cm³/mol. The maximum absolute atomic E-state index is 12.7. The summed E-state index contributed by atoms with van der Waals surface area (Å²) in [6, 6.07) is 18.8. The average molecular weight is 442 g/mol. The number of rotatable bonds is 7. The van der Waals surface area contributed by atoms with Gasteiger partial charge in [0.25, 0.3) is 5.91 Å². The standard InChI is InChI=1S/C23H20ClNO4S/c1-27-20-9-3-16(11-17(20)13-30-19-6-4-18(24)5-7-19)23(26)25-12-15-2-8-21-22(10-15)29-14-28-21/h2-11H,12-14H2,1H3,(H,25,26). The molecule has 0 bridgehead atoms. The minimum atomic E-state index is -0.145. The summed E-state index contributed by atoms with van der Waals surface area (Å²) >= 11 is 7.60. The van der Waals surface area contributed by atoms with E-state index >= 15 is 0 Å². The van der Waals surface area contributed by atoms with Gasteiger partial charge in [0.05, 0.1) is 7.11 Å². The number of benzene rings is 3. The van der Waals surface area contributed by atoms with Crippen molar-refractivity contribution in [2.45, 2.75) is 17.2 Å². The number of halogens is 1. The van der Waals surface area contributed by atoms with Gasteiger partial charge in [-0.15, -0.1) is 11.8 Å². The van der Waals surface area contributed by atoms with E-state index in [1.54, 1.807) is 24.9 Å². The lowest BCUT2D eigenvalue weighted by Crippen LogP contribution is -2.22. The zero-order valence-electron chi connectivity index (χ0n) is 16.3. The number of ether oxygens (including phenoxy) is 3. The van der Waals surface area contributed by atoms with E-state index in [9.17, 15) is 4.79 Å². The summed E-state index contributed by atoms with van der Waals surface area (Å²) in [7, 11) is 1.63. The summed E-state index contributed by atoms with van der Waals surface area (Å²) in [6.45, 7) is 0.629. The van der Waals surface area contributed by atoms with Crippen LogP contribution in [0, 0.1) is 0 Å². The fourth-order valence-corrected chi connectivity index (χ4v) is 4.06. The molecule has 3 aromatic rings. The van der Waals surface area contributed by atoms with Gasteiger partial charge in [-0.1, -0.05) is 17.7 Å². The average Bonchev–Trinajstić information content (AvgIpc) is 3.25. The summed E-state index contributed by atoms with van der Waals surface area (Å²) in [5, 5.41) is 3.66. The van der Waals surface area contributed by atoms with Crippen molar-refractivity contribution >= 4 is 29.3 Å². The smallest absolute Gasteiger partial charge is 0.251 e. The number of carbonyl (C=O) groups excluding carboxylic acids is 1. The van der Waals surface area contributed by atoms with Crippen molar-refractivity contribution in [3.63, 3.8) is 0 Å². The highest BCUT2D eigenvalue weighted by Crippen LogP contribution is 2.32. The normalized spacial score (nSPS) is 11.9. The van der Waals surface area contributed by atoms with Gasteiger partial charge in [-0.25, -0.2) is 0 Å². The Kier molecular flexibility index (Phi) is 6.35. The van der Waals surface area contributed by atoms with Gasteiger partial charge < -0.3 is 19.5 Å². The first-order valence-electron chi connectivity index (χ1n) is 9.34. The molecule has 0 fully saturated rings. The molecule has 1 N–H and O–H groups in total. The number of amides is 1. The highest BCUT2D eigenvalue weighted by Gasteiger charge is 2.14. The number of fused-ring (bicyclic) bond motifs is 1. The van der Waals surface area contributed by atoms with Crippen LogP contribution in [0.1, 0.15) is 21.5 Å². The number of thioether (sulfide) groups is 1. The summed E-state index contributed by atoms with van der Waals surface area (Å²) < 4.78 is 16.2. The van der Waals surface area contributed by atoms with Gasteiger partial charge in [0, 0.05) is 33.3 Å². The molecular formula is C23H20ClNO4S. The van der Waals surface area contributed by atoms with Gasteiger partial charge in [-0.3, -0.25) is 4.79 Å². The van der Waals surface area contributed by atoms with E-state index in [1.807, 2.05) is 54.6 Å². The largest absolute Gasteiger partial charge is 0.496 e. The maximum Gasteiger partial charge on any atom is 0.251 e. The van der Waals surface area contributed by atoms with Crippen LogP contribution in [-0.2, 0) is 12.3 Å². The fraction of sp³-hybridized carbons (Fsp3) is 0.174. The van der Waals surface area contributed by atoms with Crippen molar-refractivity contribution in [3.8, 4) is 17.2 Å². The molecule has 0 spiro atoms. The summed E-state index contributed by atoms with van der Waals surface area (Å²) in [5.74, 6) is 2.71. The number of hydrogen-bond donors (Lipinski definition) is 1. The van der Waals surface area contributed by atoms with E-state index in [0.717, 1.165) is 27.5 Å². The molecule has 1 aliphatic rings. The molecule has 5 nitrogen and oxygen atoms in total. The molecule has 4 rings (SSSR count). The molecule has 154 valence electrons. The molecule has 0 aromatic heterocycles. The summed E-state index contributed by atoms with van der Waals surface area (Å²) in [6.07, 6.45) is 0. The van der Waals surface area contributed by atoms with Gasteiger partial charge >= 0.3 is 0 Å². The van der Waals surface area contributed by atoms with Gasteiger partial charge in [0.15, 0.2) is 11.5 Å². The number of nitrogens with one attached hydrogen (secondary N) is 1. The Labute approximate surface area is 184 Å². The first-order valence-corrected chi connectivity index (χ1v) is 10.7. The molecule has 0 saturated carbocycles. The molecule has 1 aliphatic heterocycles. The van der Waals surface area contributed by atoms with E-state index < -0.39 is 0 Å². The lowest BCUT2D eigenvalue weighted by atomic mass is 10.1. The van der Waals surface area contributed by atoms with E-state index in [1.165, 1.54) is 0 Å². The Balaban J connectivity index is 1.42. The minimum absolute atomic E-state index is 0.145. The van der Waals surface area contributed by atoms with Gasteiger partial charge in [0.2, 0.25) is 6.79 Å². The lowest BCUT2D eigenvalue weighted by molar-refractivity contribution is 0.0950. The van der Waals surface area contributed by atoms with Crippen LogP contribution >= 0.6 is 23.4 Å². The van der Waals surface area contributed by atoms with E-state index in [-0.39, 0.29) is 12.7 Å². The van der Waals surface area contributed by atoms with Crippen LogP contribution in [-0.4, -0.2) is 19.8 Å². The third kappa shape index (κ3) is 4.83. The molecule has 0 atom stereocenters. The molecule has 7 heteroatoms. The van der Waals surface area contributed by atoms with Crippen LogP contribution in [0.25, 0.3) is 0 Å². The topological polar surface area (TPSA) is 56.8 Å². The molecule has 1 amide bonds. The Morgan fingerprint density at radius 3 is 2.67 bits per heavy atom. The predicted octanol–water partition coefficient (Wildman–Crippen LogP) is 5.30. The third-order valence-corrected chi connectivity index (χ3v) is 5.95. The Bertz CT molecular complexity index is 1060. The summed E-state index contributed by atoms with van der Waals surface area (Å²) in [5.41, 5.74) is 2.48. The van der Waals surface area contributed by atoms with Gasteiger partial charge in [0.1, 0.15) is 5.75 Å². The number of carbonyl (C=O) groups is 1. The number of hydrogen-bond acceptors (Lipinski definition) is 5. The Hall–Kier alpha value is -2.83. The minimum Gasteiger partial charge on any atom is -0.496 e. The summed E-state index contributed by atoms with van der Waals surface area (Å²) in [4.78, 5) is 13.8. The van der Waals surface area contributed by atoms with Crippen molar-refractivity contribution in [2.24, 2.45) is 0 Å². The van der Waals surface area contributed by atoms with E-state index in [2.05, 4.69) is 5.32 Å². The molecule has 0 aliphatic carbocycles. The molecule has 0 saturated heterocycles. The van der Waals surface area contributed by atoms with Gasteiger partial charge in [-0.05, 0) is 60.2 Å². The fourth-order valence-electron chi connectivity index (χ4n) is 3.06. The van der Waals surface area contributed by atoms with E-state index in [0.29, 0.717) is 28.6 Å². The molecule has 0 unspecified atom stereocenters. The van der Waals surface area contributed by atoms with Crippen LogP contribution in [0.5, 0.6) is 17.2 Å². The van der Waals surface area contributed by atoms with Crippen LogP contribution in [0.15, 0.2) is 65.6 Å². The zero-order valence-corrected chi connectivity index (χ0v) is 17.9. The molecule has 30 heavy (non-hydrogen) atoms. The Morgan fingerprint density at radius 1 is 1.07 bits per heavy atom. The third-order valence-electron chi connectivity index (χ3n) is 4.64. The molecule has 3 aromatic carbocycles. The first kappa shape index (κ1) is 20.4. The molecule has 0 radical (unpaired) electrons. The van der Waals surface area contributed by atoms with Crippen LogP contribution in [0.2, 0.25) is 5.02 Å². The first-order chi connectivity index (χ1) is 14.6. The SMILES string of the molecule is COc1ccc(C(=O)NCc2ccc3c(c2)OCO3)cc1CSc1ccc(Cl)cc1. The second kappa shape index (κ2) is 9.32. The molecule has 1 heterocycles. The quantitative estimate of drug-likeness (QED) is 0.504. The van der Waals surface area contributed by atoms with Crippen LogP contribution in [0.4, 0.5) is 0 Å². The van der Waals surface area contributed by atoms with E-state index in [4.69, 9.17) is 25.8 Å². The lowest BCUT2D eigenvalue weighted by Gasteiger charge is -2.11. The van der Waals surface area contributed by atoms with Crippen molar-refractivity contribution in [1.82, 2.24) is 5.32 Å². The number of methoxy groups -OCH3 is 1. The maximum atomic E-state index is 12.7. The Morgan fingerprint density at radius 2 is 1.87 bits per heavy atom. The highest BCUT2D eigenvalue weighted by molar-refractivity contribution is 7.98. The van der Waals surface area contributed by atoms with Crippen molar-refractivity contribution in [3.05, 3.63) is 82.4 Å². The van der Waals surface area contributed by atoms with Crippen LogP contribution < -0.4 is 19.5 Å². The second-order valence-corrected chi connectivity index (χ2v) is 8.12. The van der Waals surface area contributed by atoms with Crippen molar-refractivity contribution in [2.75, 3.05) is 13.9 Å². The van der Waals surface area contributed by atoms with Gasteiger partial charge in [-0.2, -0.15) is 0 Å². The second-order valence-electron chi connectivity index (χ2n) is 6.64. The van der Waals surface area contributed by atoms with Crippen LogP contribution in [0.3, 0.4) is 0 Å².